The molecule has 0 aliphatic rings. The summed E-state index contributed by atoms with van der Waals surface area (Å²) in [6.07, 6.45) is -3.10. The molecule has 0 aliphatic heterocycles. The number of benzene rings is 1. The highest BCUT2D eigenvalue weighted by Gasteiger charge is 2.26. The molecule has 0 saturated carbocycles. The fourth-order valence-corrected chi connectivity index (χ4v) is 2.62. The Hall–Kier alpha value is -1.52. The van der Waals surface area contributed by atoms with Crippen LogP contribution in [0.4, 0.5) is 8.78 Å². The summed E-state index contributed by atoms with van der Waals surface area (Å²) in [6, 6.07) is 3.12. The zero-order valence-corrected chi connectivity index (χ0v) is 9.60. The topological polar surface area (TPSA) is 75.0 Å². The smallest absolute Gasteiger partial charge is 0.265 e. The summed E-state index contributed by atoms with van der Waals surface area (Å²) in [4.78, 5) is 9.68. The maximum Gasteiger partial charge on any atom is 0.265 e. The van der Waals surface area contributed by atoms with E-state index in [9.17, 15) is 22.0 Å². The Bertz CT molecular complexity index is 607. The van der Waals surface area contributed by atoms with Crippen molar-refractivity contribution in [1.29, 1.82) is 5.26 Å². The van der Waals surface area contributed by atoms with Crippen LogP contribution in [0.15, 0.2) is 17.0 Å². The van der Waals surface area contributed by atoms with E-state index in [1.54, 1.807) is 6.07 Å². The first-order chi connectivity index (χ1) is 7.81. The zero-order chi connectivity index (χ0) is 13.2. The SMILES string of the molecule is N#Cc1cc(C=O)c(S(=O)(=O)Cl)c(C(F)F)c1. The Morgan fingerprint density at radius 2 is 2.00 bits per heavy atom. The molecule has 0 aromatic heterocycles. The lowest BCUT2D eigenvalue weighted by Gasteiger charge is -2.08. The van der Waals surface area contributed by atoms with Crippen molar-refractivity contribution in [3.8, 4) is 6.07 Å². The van der Waals surface area contributed by atoms with Gasteiger partial charge in [0.15, 0.2) is 6.29 Å². The average Bonchev–Trinajstić information content (AvgIpc) is 2.25. The summed E-state index contributed by atoms with van der Waals surface area (Å²) in [7, 11) is 0.490. The predicted octanol–water partition coefficient (Wildman–Crippen LogP) is 2.24. The lowest BCUT2D eigenvalue weighted by molar-refractivity contribution is 0.111. The number of alkyl halides is 2. The minimum atomic E-state index is -4.49. The van der Waals surface area contributed by atoms with Crippen LogP contribution in [-0.4, -0.2) is 14.7 Å². The van der Waals surface area contributed by atoms with Crippen molar-refractivity contribution in [1.82, 2.24) is 0 Å². The molecule has 0 saturated heterocycles. The van der Waals surface area contributed by atoms with Crippen LogP contribution in [0.3, 0.4) is 0 Å². The van der Waals surface area contributed by atoms with E-state index < -0.39 is 31.5 Å². The molecule has 0 radical (unpaired) electrons. The van der Waals surface area contributed by atoms with E-state index in [4.69, 9.17) is 15.9 Å². The van der Waals surface area contributed by atoms with Gasteiger partial charge in [-0.3, -0.25) is 4.79 Å². The summed E-state index contributed by atoms with van der Waals surface area (Å²) < 4.78 is 47.5. The Morgan fingerprint density at radius 1 is 1.41 bits per heavy atom. The second-order valence-electron chi connectivity index (χ2n) is 2.95. The molecule has 1 aromatic carbocycles. The zero-order valence-electron chi connectivity index (χ0n) is 8.02. The van der Waals surface area contributed by atoms with Gasteiger partial charge >= 0.3 is 0 Å². The highest BCUT2D eigenvalue weighted by atomic mass is 35.7. The van der Waals surface area contributed by atoms with Gasteiger partial charge in [-0.25, -0.2) is 17.2 Å². The van der Waals surface area contributed by atoms with E-state index in [-0.39, 0.29) is 11.8 Å². The van der Waals surface area contributed by atoms with Crippen molar-refractivity contribution >= 4 is 26.0 Å². The third-order valence-electron chi connectivity index (χ3n) is 1.88. The van der Waals surface area contributed by atoms with Gasteiger partial charge in [0.05, 0.1) is 11.6 Å². The lowest BCUT2D eigenvalue weighted by atomic mass is 10.1. The number of nitriles is 1. The van der Waals surface area contributed by atoms with E-state index in [1.807, 2.05) is 0 Å². The summed E-state index contributed by atoms with van der Waals surface area (Å²) in [5.41, 5.74) is -1.76. The molecule has 0 unspecified atom stereocenters. The third kappa shape index (κ3) is 2.78. The van der Waals surface area contributed by atoms with Gasteiger partial charge in [0.25, 0.3) is 15.5 Å². The van der Waals surface area contributed by atoms with Crippen molar-refractivity contribution in [3.05, 3.63) is 28.8 Å². The fourth-order valence-electron chi connectivity index (χ4n) is 1.27. The number of hydrogen-bond acceptors (Lipinski definition) is 4. The first-order valence-corrected chi connectivity index (χ1v) is 6.38. The number of carbonyl (C=O) groups excluding carboxylic acids is 1. The molecular weight excluding hydrogens is 276 g/mol. The van der Waals surface area contributed by atoms with Crippen LogP contribution in [0.2, 0.25) is 0 Å². The number of halogens is 3. The van der Waals surface area contributed by atoms with Crippen LogP contribution in [0.5, 0.6) is 0 Å². The highest BCUT2D eigenvalue weighted by molar-refractivity contribution is 8.13. The molecule has 1 rings (SSSR count). The molecule has 4 nitrogen and oxygen atoms in total. The Morgan fingerprint density at radius 3 is 2.35 bits per heavy atom. The molecule has 0 spiro atoms. The Kier molecular flexibility index (Phi) is 3.80. The van der Waals surface area contributed by atoms with Gasteiger partial charge in [-0.15, -0.1) is 0 Å². The molecule has 90 valence electrons. The van der Waals surface area contributed by atoms with Crippen LogP contribution >= 0.6 is 10.7 Å². The van der Waals surface area contributed by atoms with Gasteiger partial charge < -0.3 is 0 Å². The van der Waals surface area contributed by atoms with Crippen molar-refractivity contribution < 1.29 is 22.0 Å². The highest BCUT2D eigenvalue weighted by Crippen LogP contribution is 2.32. The van der Waals surface area contributed by atoms with Crippen LogP contribution in [0, 0.1) is 11.3 Å². The number of nitrogens with zero attached hydrogens (tertiary/aromatic N) is 1. The average molecular weight is 280 g/mol. The van der Waals surface area contributed by atoms with Gasteiger partial charge in [0.2, 0.25) is 0 Å². The second-order valence-corrected chi connectivity index (χ2v) is 5.45. The standard InChI is InChI=1S/C9H4ClF2NO3S/c10-17(15,16)8-6(4-14)1-5(3-13)2-7(8)9(11)12/h1-2,4,9H. The summed E-state index contributed by atoms with van der Waals surface area (Å²) in [5, 5.41) is 8.56. The second kappa shape index (κ2) is 4.77. The van der Waals surface area contributed by atoms with E-state index in [0.29, 0.717) is 6.07 Å². The summed E-state index contributed by atoms with van der Waals surface area (Å²) in [6.45, 7) is 0. The normalized spacial score (nSPS) is 11.2. The minimum Gasteiger partial charge on any atom is -0.298 e. The molecule has 0 amide bonds. The van der Waals surface area contributed by atoms with Crippen LogP contribution in [-0.2, 0) is 9.05 Å². The van der Waals surface area contributed by atoms with E-state index >= 15 is 0 Å². The van der Waals surface area contributed by atoms with Crippen molar-refractivity contribution in [2.75, 3.05) is 0 Å². The van der Waals surface area contributed by atoms with Gasteiger partial charge in [0.1, 0.15) is 4.90 Å². The molecule has 17 heavy (non-hydrogen) atoms. The molecule has 0 heterocycles. The first kappa shape index (κ1) is 13.5. The maximum absolute atomic E-state index is 12.6. The van der Waals surface area contributed by atoms with Crippen LogP contribution in [0.25, 0.3) is 0 Å². The monoisotopic (exact) mass is 279 g/mol. The predicted molar refractivity (Wildman–Crippen MR) is 54.5 cm³/mol. The molecule has 1 aromatic rings. The van der Waals surface area contributed by atoms with E-state index in [0.717, 1.165) is 6.07 Å². The van der Waals surface area contributed by atoms with Crippen LogP contribution < -0.4 is 0 Å². The van der Waals surface area contributed by atoms with Gasteiger partial charge in [-0.05, 0) is 12.1 Å². The largest absolute Gasteiger partial charge is 0.298 e. The number of aldehydes is 1. The fraction of sp³-hybridized carbons (Fsp3) is 0.111. The molecular formula is C9H4ClF2NO3S. The lowest BCUT2D eigenvalue weighted by Crippen LogP contribution is -2.04. The number of hydrogen-bond donors (Lipinski definition) is 0. The van der Waals surface area contributed by atoms with Gasteiger partial charge in [0, 0.05) is 21.8 Å². The third-order valence-corrected chi connectivity index (χ3v) is 3.30. The minimum absolute atomic E-state index is 0.0575. The Labute approximate surface area is 99.8 Å². The Balaban J connectivity index is 3.78. The van der Waals surface area contributed by atoms with Gasteiger partial charge in [-0.1, -0.05) is 0 Å². The van der Waals surface area contributed by atoms with Crippen molar-refractivity contribution in [3.63, 3.8) is 0 Å². The van der Waals surface area contributed by atoms with Crippen LogP contribution in [0.1, 0.15) is 27.9 Å². The maximum atomic E-state index is 12.6. The number of rotatable bonds is 3. The van der Waals surface area contributed by atoms with Gasteiger partial charge in [-0.2, -0.15) is 5.26 Å². The molecule has 0 aliphatic carbocycles. The molecule has 0 N–H and O–H groups in total. The summed E-state index contributed by atoms with van der Waals surface area (Å²) in [5.74, 6) is 0. The van der Waals surface area contributed by atoms with E-state index in [2.05, 4.69) is 0 Å². The molecule has 0 atom stereocenters. The molecule has 8 heteroatoms. The quantitative estimate of drug-likeness (QED) is 0.628. The molecule has 0 fully saturated rings. The van der Waals surface area contributed by atoms with Crippen molar-refractivity contribution in [2.45, 2.75) is 11.3 Å². The van der Waals surface area contributed by atoms with E-state index in [1.165, 1.54) is 0 Å². The number of carbonyl (C=O) groups is 1. The summed E-state index contributed by atoms with van der Waals surface area (Å²) >= 11 is 0. The molecule has 0 bridgehead atoms. The first-order valence-electron chi connectivity index (χ1n) is 4.07. The van der Waals surface area contributed by atoms with Crippen molar-refractivity contribution in [2.24, 2.45) is 0 Å².